The number of hydrogen-bond acceptors (Lipinski definition) is 2. The van der Waals surface area contributed by atoms with Crippen LogP contribution in [0.25, 0.3) is 0 Å². The van der Waals surface area contributed by atoms with E-state index in [1.165, 1.54) is 37.1 Å². The van der Waals surface area contributed by atoms with Crippen LogP contribution in [-0.4, -0.2) is 26.2 Å². The maximum absolute atomic E-state index is 6.15. The van der Waals surface area contributed by atoms with Crippen LogP contribution in [0, 0.1) is 6.92 Å². The fraction of sp³-hybridized carbons (Fsp3) is 0.571. The van der Waals surface area contributed by atoms with Crippen LogP contribution in [0.4, 0.5) is 5.69 Å². The topological polar surface area (TPSA) is 15.3 Å². The molecule has 0 aromatic heterocycles. The van der Waals surface area contributed by atoms with Crippen LogP contribution in [0.1, 0.15) is 24.8 Å². The molecule has 0 radical (unpaired) electrons. The van der Waals surface area contributed by atoms with Gasteiger partial charge in [-0.05, 0) is 50.4 Å². The highest BCUT2D eigenvalue weighted by Crippen LogP contribution is 2.26. The molecule has 1 heterocycles. The first kappa shape index (κ1) is 12.7. The lowest BCUT2D eigenvalue weighted by Gasteiger charge is -2.23. The molecule has 1 fully saturated rings. The Morgan fingerprint density at radius 2 is 2.29 bits per heavy atom. The van der Waals surface area contributed by atoms with E-state index in [9.17, 15) is 0 Å². The normalized spacial score (nSPS) is 19.6. The van der Waals surface area contributed by atoms with E-state index in [0.29, 0.717) is 6.04 Å². The molecule has 0 spiro atoms. The molecule has 0 aliphatic carbocycles. The maximum Gasteiger partial charge on any atom is 0.0455 e. The van der Waals surface area contributed by atoms with Crippen molar-refractivity contribution in [2.24, 2.45) is 0 Å². The lowest BCUT2D eigenvalue weighted by molar-refractivity contribution is 0.559. The number of halogens is 1. The molecule has 1 aliphatic heterocycles. The number of nitrogens with one attached hydrogen (secondary N) is 1. The van der Waals surface area contributed by atoms with Gasteiger partial charge in [0.1, 0.15) is 0 Å². The quantitative estimate of drug-likeness (QED) is 0.885. The summed E-state index contributed by atoms with van der Waals surface area (Å²) in [5, 5.41) is 4.39. The van der Waals surface area contributed by atoms with Crippen molar-refractivity contribution in [1.29, 1.82) is 0 Å². The molecule has 0 saturated carbocycles. The fourth-order valence-corrected chi connectivity index (χ4v) is 2.65. The van der Waals surface area contributed by atoms with Crippen LogP contribution in [0.2, 0.25) is 5.02 Å². The molecule has 17 heavy (non-hydrogen) atoms. The van der Waals surface area contributed by atoms with Crippen molar-refractivity contribution in [3.05, 3.63) is 28.8 Å². The standard InChI is InChI=1S/C14H21ClN2/c1-11-13(15)6-3-7-14(11)17(2)10-8-12-5-4-9-16-12/h3,6-7,12,16H,4-5,8-10H2,1-2H3. The fourth-order valence-electron chi connectivity index (χ4n) is 2.48. The summed E-state index contributed by atoms with van der Waals surface area (Å²) in [6, 6.07) is 6.82. The average molecular weight is 253 g/mol. The Morgan fingerprint density at radius 3 is 3.00 bits per heavy atom. The minimum absolute atomic E-state index is 0.706. The van der Waals surface area contributed by atoms with Gasteiger partial charge in [-0.1, -0.05) is 17.7 Å². The van der Waals surface area contributed by atoms with Gasteiger partial charge >= 0.3 is 0 Å². The Kier molecular flexibility index (Phi) is 4.30. The van der Waals surface area contributed by atoms with Gasteiger partial charge in [-0.2, -0.15) is 0 Å². The van der Waals surface area contributed by atoms with Crippen LogP contribution < -0.4 is 10.2 Å². The van der Waals surface area contributed by atoms with Gasteiger partial charge in [0.2, 0.25) is 0 Å². The summed E-state index contributed by atoms with van der Waals surface area (Å²) in [6.07, 6.45) is 3.86. The van der Waals surface area contributed by atoms with Gasteiger partial charge in [0.15, 0.2) is 0 Å². The molecular formula is C14H21ClN2. The summed E-state index contributed by atoms with van der Waals surface area (Å²) in [4.78, 5) is 2.31. The molecule has 1 atom stereocenters. The van der Waals surface area contributed by atoms with Gasteiger partial charge in [-0.3, -0.25) is 0 Å². The Balaban J connectivity index is 1.94. The van der Waals surface area contributed by atoms with Crippen molar-refractivity contribution in [1.82, 2.24) is 5.32 Å². The number of benzene rings is 1. The Hall–Kier alpha value is -0.730. The minimum Gasteiger partial charge on any atom is -0.374 e. The predicted molar refractivity (Wildman–Crippen MR) is 75.1 cm³/mol. The molecule has 2 rings (SSSR count). The van der Waals surface area contributed by atoms with Crippen LogP contribution in [0.3, 0.4) is 0 Å². The highest BCUT2D eigenvalue weighted by Gasteiger charge is 2.15. The number of nitrogens with zero attached hydrogens (tertiary/aromatic N) is 1. The first-order valence-electron chi connectivity index (χ1n) is 6.38. The third-order valence-electron chi connectivity index (χ3n) is 3.63. The van der Waals surface area contributed by atoms with Gasteiger partial charge in [0, 0.05) is 30.3 Å². The summed E-state index contributed by atoms with van der Waals surface area (Å²) in [5.74, 6) is 0. The van der Waals surface area contributed by atoms with E-state index in [4.69, 9.17) is 11.6 Å². The monoisotopic (exact) mass is 252 g/mol. The summed E-state index contributed by atoms with van der Waals surface area (Å²) >= 11 is 6.15. The molecular weight excluding hydrogens is 232 g/mol. The number of hydrogen-bond donors (Lipinski definition) is 1. The van der Waals surface area contributed by atoms with Crippen LogP contribution in [0.5, 0.6) is 0 Å². The lowest BCUT2D eigenvalue weighted by Crippen LogP contribution is -2.28. The number of rotatable bonds is 4. The SMILES string of the molecule is Cc1c(Cl)cccc1N(C)CCC1CCCN1. The molecule has 0 bridgehead atoms. The molecule has 1 aliphatic rings. The second kappa shape index (κ2) is 5.74. The highest BCUT2D eigenvalue weighted by molar-refractivity contribution is 6.31. The Morgan fingerprint density at radius 1 is 1.47 bits per heavy atom. The van der Waals surface area contributed by atoms with E-state index in [-0.39, 0.29) is 0 Å². The van der Waals surface area contributed by atoms with Crippen molar-refractivity contribution in [2.75, 3.05) is 25.0 Å². The Labute approximate surface area is 109 Å². The van der Waals surface area contributed by atoms with E-state index < -0.39 is 0 Å². The zero-order chi connectivity index (χ0) is 12.3. The van der Waals surface area contributed by atoms with Crippen molar-refractivity contribution < 1.29 is 0 Å². The van der Waals surface area contributed by atoms with Gasteiger partial charge in [-0.15, -0.1) is 0 Å². The van der Waals surface area contributed by atoms with Crippen LogP contribution in [-0.2, 0) is 0 Å². The lowest BCUT2D eigenvalue weighted by atomic mass is 10.1. The smallest absolute Gasteiger partial charge is 0.0455 e. The zero-order valence-corrected chi connectivity index (χ0v) is 11.4. The van der Waals surface area contributed by atoms with Gasteiger partial charge in [0.05, 0.1) is 0 Å². The molecule has 2 nitrogen and oxygen atoms in total. The predicted octanol–water partition coefficient (Wildman–Crippen LogP) is 3.23. The number of anilines is 1. The Bertz CT molecular complexity index is 372. The van der Waals surface area contributed by atoms with Crippen LogP contribution in [0.15, 0.2) is 18.2 Å². The van der Waals surface area contributed by atoms with Gasteiger partial charge in [0.25, 0.3) is 0 Å². The van der Waals surface area contributed by atoms with Gasteiger partial charge < -0.3 is 10.2 Å². The average Bonchev–Trinajstić information content (AvgIpc) is 2.82. The van der Waals surface area contributed by atoms with Gasteiger partial charge in [-0.25, -0.2) is 0 Å². The highest BCUT2D eigenvalue weighted by atomic mass is 35.5. The molecule has 3 heteroatoms. The molecule has 1 aromatic carbocycles. The van der Waals surface area contributed by atoms with Crippen molar-refractivity contribution in [3.63, 3.8) is 0 Å². The summed E-state index contributed by atoms with van der Waals surface area (Å²) < 4.78 is 0. The van der Waals surface area contributed by atoms with E-state index in [1.54, 1.807) is 0 Å². The van der Waals surface area contributed by atoms with Crippen molar-refractivity contribution >= 4 is 17.3 Å². The summed E-state index contributed by atoms with van der Waals surface area (Å²) in [6.45, 7) is 4.35. The van der Waals surface area contributed by atoms with E-state index >= 15 is 0 Å². The first-order valence-corrected chi connectivity index (χ1v) is 6.76. The summed E-state index contributed by atoms with van der Waals surface area (Å²) in [5.41, 5.74) is 2.42. The van der Waals surface area contributed by atoms with Crippen LogP contribution >= 0.6 is 11.6 Å². The van der Waals surface area contributed by atoms with E-state index in [0.717, 1.165) is 11.6 Å². The first-order chi connectivity index (χ1) is 8.18. The third kappa shape index (κ3) is 3.14. The molecule has 1 aromatic rings. The summed E-state index contributed by atoms with van der Waals surface area (Å²) in [7, 11) is 2.15. The second-order valence-electron chi connectivity index (χ2n) is 4.89. The molecule has 1 N–H and O–H groups in total. The third-order valence-corrected chi connectivity index (χ3v) is 4.04. The maximum atomic E-state index is 6.15. The molecule has 94 valence electrons. The second-order valence-corrected chi connectivity index (χ2v) is 5.29. The van der Waals surface area contributed by atoms with E-state index in [2.05, 4.69) is 30.3 Å². The molecule has 1 saturated heterocycles. The van der Waals surface area contributed by atoms with E-state index in [1.807, 2.05) is 12.1 Å². The largest absolute Gasteiger partial charge is 0.374 e. The van der Waals surface area contributed by atoms with Crippen molar-refractivity contribution in [3.8, 4) is 0 Å². The zero-order valence-electron chi connectivity index (χ0n) is 10.7. The van der Waals surface area contributed by atoms with Crippen molar-refractivity contribution in [2.45, 2.75) is 32.2 Å². The molecule has 0 amide bonds. The minimum atomic E-state index is 0.706. The molecule has 1 unspecified atom stereocenters.